The van der Waals surface area contributed by atoms with E-state index in [0.717, 1.165) is 12.8 Å². The van der Waals surface area contributed by atoms with Crippen LogP contribution in [-0.2, 0) is 9.59 Å². The Labute approximate surface area is 122 Å². The van der Waals surface area contributed by atoms with E-state index in [1.807, 2.05) is 0 Å². The third-order valence-electron chi connectivity index (χ3n) is 3.20. The quantitative estimate of drug-likeness (QED) is 0.742. The van der Waals surface area contributed by atoms with Crippen LogP contribution in [0.2, 0.25) is 0 Å². The molecule has 112 valence electrons. The van der Waals surface area contributed by atoms with Gasteiger partial charge in [-0.15, -0.1) is 0 Å². The average molecular weight is 290 g/mol. The molecule has 3 N–H and O–H groups in total. The number of carboxylic acid groups (broad SMARTS) is 1. The van der Waals surface area contributed by atoms with Gasteiger partial charge in [0.05, 0.1) is 6.42 Å². The van der Waals surface area contributed by atoms with Crippen LogP contribution in [0, 0.1) is 5.92 Å². The Kier molecular flexibility index (Phi) is 4.57. The van der Waals surface area contributed by atoms with Crippen molar-refractivity contribution < 1.29 is 19.5 Å². The molecule has 2 rings (SSSR count). The molecule has 1 aromatic carbocycles. The Hall–Kier alpha value is -2.37. The van der Waals surface area contributed by atoms with Gasteiger partial charge in [-0.25, -0.2) is 0 Å². The van der Waals surface area contributed by atoms with Crippen LogP contribution in [0.3, 0.4) is 0 Å². The maximum atomic E-state index is 12.0. The number of carbonyl (C=O) groups excluding carboxylic acids is 2. The molecule has 0 bridgehead atoms. The molecule has 0 heterocycles. The van der Waals surface area contributed by atoms with E-state index in [9.17, 15) is 14.4 Å². The number of aliphatic carboxylic acids is 1. The molecule has 6 nitrogen and oxygen atoms in total. The number of rotatable bonds is 6. The number of amides is 2. The topological polar surface area (TPSA) is 95.5 Å². The number of carboxylic acids is 1. The number of hydrogen-bond donors (Lipinski definition) is 3. The molecule has 1 saturated carbocycles. The molecule has 0 saturated heterocycles. The third kappa shape index (κ3) is 4.59. The normalized spacial score (nSPS) is 15.1. The van der Waals surface area contributed by atoms with E-state index in [4.69, 9.17) is 5.11 Å². The van der Waals surface area contributed by atoms with Gasteiger partial charge in [-0.2, -0.15) is 0 Å². The highest BCUT2D eigenvalue weighted by atomic mass is 16.4. The second-order valence-corrected chi connectivity index (χ2v) is 5.32. The zero-order valence-electron chi connectivity index (χ0n) is 11.8. The second-order valence-electron chi connectivity index (χ2n) is 5.32. The Morgan fingerprint density at radius 1 is 1.33 bits per heavy atom. The molecule has 0 aliphatic heterocycles. The van der Waals surface area contributed by atoms with Crippen molar-refractivity contribution in [2.24, 2.45) is 5.92 Å². The molecule has 0 aromatic heterocycles. The monoisotopic (exact) mass is 290 g/mol. The summed E-state index contributed by atoms with van der Waals surface area (Å²) in [5.41, 5.74) is 0.964. The van der Waals surface area contributed by atoms with Crippen LogP contribution >= 0.6 is 0 Å². The predicted octanol–water partition coefficient (Wildman–Crippen LogP) is 1.63. The Balaban J connectivity index is 1.97. The Morgan fingerprint density at radius 2 is 2.05 bits per heavy atom. The van der Waals surface area contributed by atoms with Gasteiger partial charge < -0.3 is 15.7 Å². The number of hydrogen-bond acceptors (Lipinski definition) is 3. The van der Waals surface area contributed by atoms with Crippen LogP contribution in [0.25, 0.3) is 0 Å². The summed E-state index contributed by atoms with van der Waals surface area (Å²) in [6, 6.07) is 6.15. The minimum atomic E-state index is -0.965. The molecule has 1 atom stereocenters. The van der Waals surface area contributed by atoms with Crippen LogP contribution in [0.1, 0.15) is 36.5 Å². The van der Waals surface area contributed by atoms with Gasteiger partial charge in [0.25, 0.3) is 5.91 Å². The summed E-state index contributed by atoms with van der Waals surface area (Å²) in [6.45, 7) is 1.63. The lowest BCUT2D eigenvalue weighted by atomic mass is 10.1. The largest absolute Gasteiger partial charge is 0.481 e. The van der Waals surface area contributed by atoms with E-state index >= 15 is 0 Å². The summed E-state index contributed by atoms with van der Waals surface area (Å²) >= 11 is 0. The number of anilines is 1. The summed E-state index contributed by atoms with van der Waals surface area (Å²) < 4.78 is 0. The van der Waals surface area contributed by atoms with E-state index in [0.29, 0.717) is 11.3 Å². The van der Waals surface area contributed by atoms with E-state index in [1.54, 1.807) is 31.2 Å². The van der Waals surface area contributed by atoms with E-state index < -0.39 is 12.0 Å². The van der Waals surface area contributed by atoms with Gasteiger partial charge in [0, 0.05) is 23.2 Å². The minimum absolute atomic E-state index is 0.0215. The molecule has 1 fully saturated rings. The molecular formula is C15H18N2O4. The molecule has 0 spiro atoms. The van der Waals surface area contributed by atoms with Crippen molar-refractivity contribution in [2.45, 2.75) is 32.2 Å². The smallest absolute Gasteiger partial charge is 0.305 e. The maximum Gasteiger partial charge on any atom is 0.305 e. The number of nitrogens with one attached hydrogen (secondary N) is 2. The van der Waals surface area contributed by atoms with Crippen LogP contribution < -0.4 is 10.6 Å². The summed E-state index contributed by atoms with van der Waals surface area (Å²) in [4.78, 5) is 34.3. The molecule has 1 aliphatic rings. The summed E-state index contributed by atoms with van der Waals surface area (Å²) in [5.74, 6) is -1.25. The highest BCUT2D eigenvalue weighted by Crippen LogP contribution is 2.30. The predicted molar refractivity (Wildman–Crippen MR) is 77.0 cm³/mol. The fourth-order valence-electron chi connectivity index (χ4n) is 1.95. The summed E-state index contributed by atoms with van der Waals surface area (Å²) in [5, 5.41) is 14.1. The van der Waals surface area contributed by atoms with Gasteiger partial charge in [0.1, 0.15) is 0 Å². The van der Waals surface area contributed by atoms with Crippen molar-refractivity contribution in [1.29, 1.82) is 0 Å². The first-order chi connectivity index (χ1) is 9.95. The highest BCUT2D eigenvalue weighted by Gasteiger charge is 2.29. The van der Waals surface area contributed by atoms with E-state index in [-0.39, 0.29) is 24.2 Å². The van der Waals surface area contributed by atoms with Crippen molar-refractivity contribution in [3.05, 3.63) is 29.8 Å². The SMILES string of the molecule is CC(CC(=O)O)NC(=O)c1cccc(NC(=O)C2CC2)c1. The van der Waals surface area contributed by atoms with Gasteiger partial charge in [-0.3, -0.25) is 14.4 Å². The van der Waals surface area contributed by atoms with Crippen molar-refractivity contribution >= 4 is 23.5 Å². The van der Waals surface area contributed by atoms with Crippen molar-refractivity contribution in [3.63, 3.8) is 0 Å². The van der Waals surface area contributed by atoms with E-state index in [2.05, 4.69) is 10.6 Å². The van der Waals surface area contributed by atoms with Crippen molar-refractivity contribution in [3.8, 4) is 0 Å². The molecule has 21 heavy (non-hydrogen) atoms. The van der Waals surface area contributed by atoms with Crippen molar-refractivity contribution in [1.82, 2.24) is 5.32 Å². The minimum Gasteiger partial charge on any atom is -0.481 e. The second kappa shape index (κ2) is 6.39. The van der Waals surface area contributed by atoms with Gasteiger partial charge in [-0.1, -0.05) is 6.07 Å². The lowest BCUT2D eigenvalue weighted by Crippen LogP contribution is -2.34. The molecule has 1 aromatic rings. The fraction of sp³-hybridized carbons (Fsp3) is 0.400. The summed E-state index contributed by atoms with van der Waals surface area (Å²) in [6.07, 6.45) is 1.70. The fourth-order valence-corrected chi connectivity index (χ4v) is 1.95. The molecule has 1 unspecified atom stereocenters. The van der Waals surface area contributed by atoms with Crippen LogP contribution in [-0.4, -0.2) is 28.9 Å². The standard InChI is InChI=1S/C15H18N2O4/c1-9(7-13(18)19)16-15(21)11-3-2-4-12(8-11)17-14(20)10-5-6-10/h2-4,8-10H,5-7H2,1H3,(H,16,21)(H,17,20)(H,18,19). The molecule has 1 aliphatic carbocycles. The van der Waals surface area contributed by atoms with Crippen LogP contribution in [0.4, 0.5) is 5.69 Å². The Morgan fingerprint density at radius 3 is 2.67 bits per heavy atom. The van der Waals surface area contributed by atoms with Crippen molar-refractivity contribution in [2.75, 3.05) is 5.32 Å². The third-order valence-corrected chi connectivity index (χ3v) is 3.20. The van der Waals surface area contributed by atoms with Gasteiger partial charge in [-0.05, 0) is 38.0 Å². The van der Waals surface area contributed by atoms with E-state index in [1.165, 1.54) is 0 Å². The lowest BCUT2D eigenvalue weighted by molar-refractivity contribution is -0.137. The number of benzene rings is 1. The van der Waals surface area contributed by atoms with Gasteiger partial charge >= 0.3 is 5.97 Å². The van der Waals surface area contributed by atoms with Gasteiger partial charge in [0.2, 0.25) is 5.91 Å². The highest BCUT2D eigenvalue weighted by molar-refractivity contribution is 5.98. The Bertz CT molecular complexity index is 567. The first-order valence-corrected chi connectivity index (χ1v) is 6.89. The van der Waals surface area contributed by atoms with Gasteiger partial charge in [0.15, 0.2) is 0 Å². The lowest BCUT2D eigenvalue weighted by Gasteiger charge is -2.12. The zero-order valence-corrected chi connectivity index (χ0v) is 11.8. The summed E-state index contributed by atoms with van der Waals surface area (Å²) in [7, 11) is 0. The molecular weight excluding hydrogens is 272 g/mol. The first-order valence-electron chi connectivity index (χ1n) is 6.89. The molecule has 6 heteroatoms. The molecule has 0 radical (unpaired) electrons. The average Bonchev–Trinajstić information content (AvgIpc) is 3.22. The molecule has 2 amide bonds. The number of carbonyl (C=O) groups is 3. The van der Waals surface area contributed by atoms with Crippen LogP contribution in [0.5, 0.6) is 0 Å². The first kappa shape index (κ1) is 15.0. The van der Waals surface area contributed by atoms with Crippen LogP contribution in [0.15, 0.2) is 24.3 Å². The zero-order chi connectivity index (χ0) is 15.4. The maximum absolute atomic E-state index is 12.0.